The monoisotopic (exact) mass is 370 g/mol. The molecule has 0 saturated carbocycles. The lowest BCUT2D eigenvalue weighted by Gasteiger charge is -2.12. The first kappa shape index (κ1) is 17.0. The molecule has 0 radical (unpaired) electrons. The molecule has 0 aliphatic carbocycles. The number of hydrogen-bond donors (Lipinski definition) is 2. The Bertz CT molecular complexity index is 960. The van der Waals surface area contributed by atoms with E-state index >= 15 is 0 Å². The van der Waals surface area contributed by atoms with Crippen LogP contribution in [-0.4, -0.2) is 0 Å². The van der Waals surface area contributed by atoms with E-state index in [1.165, 1.54) is 22.3 Å². The smallest absolute Gasteiger partial charge is 0.00572 e. The van der Waals surface area contributed by atoms with Crippen LogP contribution in [0.4, 0.5) is 0 Å². The SMILES string of the molecule is Sc1cc(S)cc(-c2cc(-c3ccccc3)cc(-c3ccccc3)c2)c1. The molecule has 0 aliphatic rings. The van der Waals surface area contributed by atoms with E-state index in [4.69, 9.17) is 0 Å². The average molecular weight is 371 g/mol. The highest BCUT2D eigenvalue weighted by atomic mass is 32.1. The molecule has 0 aromatic heterocycles. The fourth-order valence-corrected chi connectivity index (χ4v) is 3.81. The van der Waals surface area contributed by atoms with E-state index in [1.807, 2.05) is 18.2 Å². The molecule has 0 aliphatic heterocycles. The van der Waals surface area contributed by atoms with Gasteiger partial charge in [-0.3, -0.25) is 0 Å². The van der Waals surface area contributed by atoms with E-state index in [1.54, 1.807) is 0 Å². The lowest BCUT2D eigenvalue weighted by molar-refractivity contribution is 1.35. The third-order valence-corrected chi connectivity index (χ3v) is 4.90. The maximum atomic E-state index is 4.52. The van der Waals surface area contributed by atoms with Crippen LogP contribution >= 0.6 is 25.3 Å². The summed E-state index contributed by atoms with van der Waals surface area (Å²) in [4.78, 5) is 1.83. The summed E-state index contributed by atoms with van der Waals surface area (Å²) in [5.41, 5.74) is 7.10. The Kier molecular flexibility index (Phi) is 4.87. The quantitative estimate of drug-likeness (QED) is 0.348. The molecule has 0 saturated heterocycles. The molecule has 0 unspecified atom stereocenters. The van der Waals surface area contributed by atoms with Gasteiger partial charge >= 0.3 is 0 Å². The highest BCUT2D eigenvalue weighted by Crippen LogP contribution is 2.34. The van der Waals surface area contributed by atoms with Crippen LogP contribution in [0.2, 0.25) is 0 Å². The molecule has 4 aromatic rings. The zero-order valence-electron chi connectivity index (χ0n) is 14.1. The van der Waals surface area contributed by atoms with Crippen molar-refractivity contribution in [3.63, 3.8) is 0 Å². The Hall–Kier alpha value is -2.42. The van der Waals surface area contributed by atoms with Gasteiger partial charge in [-0.2, -0.15) is 0 Å². The van der Waals surface area contributed by atoms with E-state index < -0.39 is 0 Å². The van der Waals surface area contributed by atoms with Crippen molar-refractivity contribution in [1.29, 1.82) is 0 Å². The minimum Gasteiger partial charge on any atom is -0.143 e. The molecule has 0 atom stereocenters. The second-order valence-corrected chi connectivity index (χ2v) is 7.30. The molecule has 0 spiro atoms. The summed E-state index contributed by atoms with van der Waals surface area (Å²) in [5.74, 6) is 0. The van der Waals surface area contributed by atoms with Gasteiger partial charge in [0.05, 0.1) is 0 Å². The summed E-state index contributed by atoms with van der Waals surface area (Å²) in [6.45, 7) is 0. The second-order valence-electron chi connectivity index (χ2n) is 6.27. The van der Waals surface area contributed by atoms with Crippen molar-refractivity contribution in [2.75, 3.05) is 0 Å². The van der Waals surface area contributed by atoms with Crippen LogP contribution in [0.25, 0.3) is 33.4 Å². The summed E-state index contributed by atoms with van der Waals surface area (Å²) in [7, 11) is 0. The van der Waals surface area contributed by atoms with Gasteiger partial charge in [0, 0.05) is 9.79 Å². The fraction of sp³-hybridized carbons (Fsp3) is 0. The minimum absolute atomic E-state index is 0.916. The van der Waals surface area contributed by atoms with Crippen LogP contribution < -0.4 is 0 Å². The molecule has 126 valence electrons. The highest BCUT2D eigenvalue weighted by Gasteiger charge is 2.08. The van der Waals surface area contributed by atoms with Crippen molar-refractivity contribution in [3.8, 4) is 33.4 Å². The van der Waals surface area contributed by atoms with E-state index in [-0.39, 0.29) is 0 Å². The van der Waals surface area contributed by atoms with E-state index in [0.717, 1.165) is 20.9 Å². The van der Waals surface area contributed by atoms with Gasteiger partial charge in [0.1, 0.15) is 0 Å². The third-order valence-electron chi connectivity index (χ3n) is 4.38. The second kappa shape index (κ2) is 7.45. The summed E-state index contributed by atoms with van der Waals surface area (Å²) in [6, 6.07) is 33.8. The predicted molar refractivity (Wildman–Crippen MR) is 117 cm³/mol. The Balaban J connectivity index is 1.93. The Morgan fingerprint density at radius 2 is 0.692 bits per heavy atom. The number of hydrogen-bond acceptors (Lipinski definition) is 2. The van der Waals surface area contributed by atoms with Crippen molar-refractivity contribution in [3.05, 3.63) is 97.1 Å². The van der Waals surface area contributed by atoms with E-state index in [2.05, 4.69) is 104 Å². The summed E-state index contributed by atoms with van der Waals surface area (Å²) >= 11 is 9.03. The molecule has 0 N–H and O–H groups in total. The van der Waals surface area contributed by atoms with Gasteiger partial charge in [0.2, 0.25) is 0 Å². The molecule has 0 bridgehead atoms. The molecule has 4 rings (SSSR count). The van der Waals surface area contributed by atoms with Gasteiger partial charge in [-0.25, -0.2) is 0 Å². The molecule has 0 nitrogen and oxygen atoms in total. The van der Waals surface area contributed by atoms with Crippen LogP contribution in [-0.2, 0) is 0 Å². The predicted octanol–water partition coefficient (Wildman–Crippen LogP) is 7.27. The Morgan fingerprint density at radius 1 is 0.346 bits per heavy atom. The fourth-order valence-electron chi connectivity index (χ4n) is 3.15. The molecule has 26 heavy (non-hydrogen) atoms. The maximum absolute atomic E-state index is 4.52. The van der Waals surface area contributed by atoms with Crippen LogP contribution in [0.15, 0.2) is 107 Å². The topological polar surface area (TPSA) is 0 Å². The van der Waals surface area contributed by atoms with Gasteiger partial charge in [0.25, 0.3) is 0 Å². The first-order valence-electron chi connectivity index (χ1n) is 8.48. The summed E-state index contributed by atoms with van der Waals surface area (Å²) < 4.78 is 0. The van der Waals surface area contributed by atoms with Crippen molar-refractivity contribution in [1.82, 2.24) is 0 Å². The van der Waals surface area contributed by atoms with Crippen LogP contribution in [0.1, 0.15) is 0 Å². The molecular formula is C24H18S2. The van der Waals surface area contributed by atoms with Gasteiger partial charge in [-0.05, 0) is 69.8 Å². The molecule has 4 aromatic carbocycles. The molecule has 0 fully saturated rings. The molecular weight excluding hydrogens is 352 g/mol. The largest absolute Gasteiger partial charge is 0.143 e. The van der Waals surface area contributed by atoms with Crippen LogP contribution in [0, 0.1) is 0 Å². The zero-order valence-corrected chi connectivity index (χ0v) is 15.9. The molecule has 0 heterocycles. The van der Waals surface area contributed by atoms with Crippen molar-refractivity contribution in [2.45, 2.75) is 9.79 Å². The van der Waals surface area contributed by atoms with Crippen LogP contribution in [0.3, 0.4) is 0 Å². The first-order valence-corrected chi connectivity index (χ1v) is 9.38. The summed E-state index contributed by atoms with van der Waals surface area (Å²) in [5, 5.41) is 0. The standard InChI is InChI=1S/C24H18S2/c25-23-14-22(15-24(26)16-23)21-12-19(17-7-3-1-4-8-17)11-20(13-21)18-9-5-2-6-10-18/h1-16,25-26H. The van der Waals surface area contributed by atoms with Gasteiger partial charge < -0.3 is 0 Å². The number of benzene rings is 4. The van der Waals surface area contributed by atoms with E-state index in [0.29, 0.717) is 0 Å². The lowest BCUT2D eigenvalue weighted by Crippen LogP contribution is -1.86. The Morgan fingerprint density at radius 3 is 1.12 bits per heavy atom. The van der Waals surface area contributed by atoms with Crippen molar-refractivity contribution >= 4 is 25.3 Å². The molecule has 0 amide bonds. The zero-order chi connectivity index (χ0) is 17.9. The third kappa shape index (κ3) is 3.72. The summed E-state index contributed by atoms with van der Waals surface area (Å²) in [6.07, 6.45) is 0. The highest BCUT2D eigenvalue weighted by molar-refractivity contribution is 7.81. The number of thiol groups is 2. The number of rotatable bonds is 3. The van der Waals surface area contributed by atoms with Gasteiger partial charge in [-0.15, -0.1) is 25.3 Å². The lowest BCUT2D eigenvalue weighted by atomic mass is 9.93. The van der Waals surface area contributed by atoms with Crippen LogP contribution in [0.5, 0.6) is 0 Å². The van der Waals surface area contributed by atoms with Gasteiger partial charge in [0.15, 0.2) is 0 Å². The first-order chi connectivity index (χ1) is 12.7. The van der Waals surface area contributed by atoms with E-state index in [9.17, 15) is 0 Å². The van der Waals surface area contributed by atoms with Crippen molar-refractivity contribution in [2.24, 2.45) is 0 Å². The van der Waals surface area contributed by atoms with Crippen molar-refractivity contribution < 1.29 is 0 Å². The molecule has 2 heteroatoms. The normalized spacial score (nSPS) is 10.7. The maximum Gasteiger partial charge on any atom is 0.00572 e. The van der Waals surface area contributed by atoms with Gasteiger partial charge in [-0.1, -0.05) is 60.7 Å². The average Bonchev–Trinajstić information content (AvgIpc) is 2.68. The Labute approximate surface area is 165 Å². The minimum atomic E-state index is 0.916.